The van der Waals surface area contributed by atoms with Crippen LogP contribution >= 0.6 is 19.2 Å². The molecular weight excluding hydrogens is 263 g/mol. The van der Waals surface area contributed by atoms with Gasteiger partial charge in [0.05, 0.1) is 13.2 Å². The highest BCUT2D eigenvalue weighted by Crippen LogP contribution is 2.59. The van der Waals surface area contributed by atoms with E-state index in [4.69, 9.17) is 20.6 Å². The van der Waals surface area contributed by atoms with Gasteiger partial charge in [-0.1, -0.05) is 23.7 Å². The number of hydrogen-bond acceptors (Lipinski definition) is 4. The van der Waals surface area contributed by atoms with E-state index in [1.54, 1.807) is 32.0 Å². The van der Waals surface area contributed by atoms with Crippen molar-refractivity contribution < 1.29 is 18.7 Å². The van der Waals surface area contributed by atoms with Crippen molar-refractivity contribution in [1.82, 2.24) is 0 Å². The predicted molar refractivity (Wildman–Crippen MR) is 67.3 cm³/mol. The average Bonchev–Trinajstić information content (AvgIpc) is 2.28. The normalized spacial score (nSPS) is 13.6. The number of rotatable bonds is 6. The third kappa shape index (κ3) is 3.80. The van der Waals surface area contributed by atoms with E-state index in [-0.39, 0.29) is 13.2 Å². The predicted octanol–water partition coefficient (Wildman–Crippen LogP) is 3.60. The van der Waals surface area contributed by atoms with E-state index < -0.39 is 13.4 Å². The van der Waals surface area contributed by atoms with Crippen LogP contribution in [0.3, 0.4) is 0 Å². The van der Waals surface area contributed by atoms with Crippen molar-refractivity contribution in [3.63, 3.8) is 0 Å². The van der Waals surface area contributed by atoms with Gasteiger partial charge in [-0.15, -0.1) is 0 Å². The topological polar surface area (TPSA) is 55.8 Å². The SMILES string of the molecule is CCOP(=O)(OCC)C(O)c1cccc(Cl)c1. The summed E-state index contributed by atoms with van der Waals surface area (Å²) in [5.41, 5.74) is 0.419. The standard InChI is InChI=1S/C11H16ClO4P/c1-3-15-17(14,16-4-2)11(13)9-6-5-7-10(12)8-9/h5-8,11,13H,3-4H2,1-2H3. The first-order valence-electron chi connectivity index (χ1n) is 5.35. The number of hydrogen-bond donors (Lipinski definition) is 1. The van der Waals surface area contributed by atoms with Crippen LogP contribution in [0.5, 0.6) is 0 Å². The zero-order valence-corrected chi connectivity index (χ0v) is 11.4. The minimum Gasteiger partial charge on any atom is -0.376 e. The Labute approximate surface area is 106 Å². The van der Waals surface area contributed by atoms with Crippen LogP contribution in [0.4, 0.5) is 0 Å². The molecule has 17 heavy (non-hydrogen) atoms. The Morgan fingerprint density at radius 1 is 1.35 bits per heavy atom. The number of halogens is 1. The molecule has 0 heterocycles. The lowest BCUT2D eigenvalue weighted by molar-refractivity contribution is 0.150. The van der Waals surface area contributed by atoms with Crippen LogP contribution in [0.2, 0.25) is 5.02 Å². The summed E-state index contributed by atoms with van der Waals surface area (Å²) in [4.78, 5) is 0. The van der Waals surface area contributed by atoms with Gasteiger partial charge in [0.2, 0.25) is 0 Å². The number of aliphatic hydroxyl groups excluding tert-OH is 1. The lowest BCUT2D eigenvalue weighted by atomic mass is 10.2. The zero-order valence-electron chi connectivity index (χ0n) is 9.80. The molecule has 1 rings (SSSR count). The highest BCUT2D eigenvalue weighted by molar-refractivity contribution is 7.54. The van der Waals surface area contributed by atoms with Crippen LogP contribution in [0.15, 0.2) is 24.3 Å². The van der Waals surface area contributed by atoms with Crippen molar-refractivity contribution in [2.45, 2.75) is 19.7 Å². The van der Waals surface area contributed by atoms with Gasteiger partial charge in [-0.3, -0.25) is 4.57 Å². The Bertz CT molecular complexity index is 400. The van der Waals surface area contributed by atoms with Crippen LogP contribution in [-0.2, 0) is 13.6 Å². The molecule has 0 spiro atoms. The van der Waals surface area contributed by atoms with E-state index in [9.17, 15) is 9.67 Å². The van der Waals surface area contributed by atoms with Crippen LogP contribution < -0.4 is 0 Å². The molecule has 0 aliphatic heterocycles. The van der Waals surface area contributed by atoms with Crippen LogP contribution in [0.25, 0.3) is 0 Å². The summed E-state index contributed by atoms with van der Waals surface area (Å²) in [5.74, 6) is -1.32. The molecule has 0 amide bonds. The van der Waals surface area contributed by atoms with Crippen molar-refractivity contribution in [1.29, 1.82) is 0 Å². The van der Waals surface area contributed by atoms with Gasteiger partial charge in [0, 0.05) is 5.02 Å². The van der Waals surface area contributed by atoms with Gasteiger partial charge in [0.25, 0.3) is 0 Å². The quantitative estimate of drug-likeness (QED) is 0.808. The molecule has 0 aromatic heterocycles. The fourth-order valence-electron chi connectivity index (χ4n) is 1.39. The molecule has 0 bridgehead atoms. The molecule has 1 atom stereocenters. The molecule has 1 aromatic rings. The van der Waals surface area contributed by atoms with E-state index in [1.165, 1.54) is 6.07 Å². The summed E-state index contributed by atoms with van der Waals surface area (Å²) < 4.78 is 22.4. The largest absolute Gasteiger partial charge is 0.376 e. The minimum atomic E-state index is -3.56. The van der Waals surface area contributed by atoms with Crippen molar-refractivity contribution >= 4 is 19.2 Å². The first kappa shape index (κ1) is 14.7. The maximum absolute atomic E-state index is 12.3. The molecule has 6 heteroatoms. The number of aliphatic hydroxyl groups is 1. The van der Waals surface area contributed by atoms with Crippen molar-refractivity contribution in [3.8, 4) is 0 Å². The molecule has 4 nitrogen and oxygen atoms in total. The fraction of sp³-hybridized carbons (Fsp3) is 0.455. The van der Waals surface area contributed by atoms with Gasteiger partial charge in [-0.05, 0) is 31.5 Å². The molecule has 1 unspecified atom stereocenters. The van der Waals surface area contributed by atoms with Crippen LogP contribution in [0.1, 0.15) is 25.3 Å². The highest BCUT2D eigenvalue weighted by atomic mass is 35.5. The van der Waals surface area contributed by atoms with Crippen molar-refractivity contribution in [3.05, 3.63) is 34.9 Å². The first-order chi connectivity index (χ1) is 8.03. The third-order valence-electron chi connectivity index (χ3n) is 2.06. The fourth-order valence-corrected chi connectivity index (χ4v) is 3.19. The van der Waals surface area contributed by atoms with Gasteiger partial charge < -0.3 is 14.2 Å². The van der Waals surface area contributed by atoms with Crippen molar-refractivity contribution in [2.75, 3.05) is 13.2 Å². The smallest absolute Gasteiger partial charge is 0.363 e. The second-order valence-corrected chi connectivity index (χ2v) is 5.83. The van der Waals surface area contributed by atoms with E-state index in [0.717, 1.165) is 0 Å². The molecule has 96 valence electrons. The van der Waals surface area contributed by atoms with E-state index >= 15 is 0 Å². The Morgan fingerprint density at radius 2 is 1.94 bits per heavy atom. The second-order valence-electron chi connectivity index (χ2n) is 3.30. The molecule has 0 radical (unpaired) electrons. The Kier molecular flexibility index (Phi) is 5.63. The van der Waals surface area contributed by atoms with Crippen molar-refractivity contribution in [2.24, 2.45) is 0 Å². The maximum atomic E-state index is 12.3. The molecular formula is C11H16ClO4P. The van der Waals surface area contributed by atoms with Gasteiger partial charge in [0.1, 0.15) is 0 Å². The Morgan fingerprint density at radius 3 is 2.41 bits per heavy atom. The van der Waals surface area contributed by atoms with Gasteiger partial charge in [-0.2, -0.15) is 0 Å². The average molecular weight is 279 g/mol. The summed E-state index contributed by atoms with van der Waals surface area (Å²) >= 11 is 5.81. The molecule has 0 saturated heterocycles. The van der Waals surface area contributed by atoms with Gasteiger partial charge in [-0.25, -0.2) is 0 Å². The van der Waals surface area contributed by atoms with Gasteiger partial charge >= 0.3 is 7.60 Å². The summed E-state index contributed by atoms with van der Waals surface area (Å²) in [5, 5.41) is 10.5. The molecule has 0 aliphatic rings. The van der Waals surface area contributed by atoms with Crippen LogP contribution in [-0.4, -0.2) is 18.3 Å². The van der Waals surface area contributed by atoms with E-state index in [2.05, 4.69) is 0 Å². The molecule has 0 fully saturated rings. The maximum Gasteiger partial charge on any atom is 0.363 e. The Balaban J connectivity index is 2.99. The summed E-state index contributed by atoms with van der Waals surface area (Å²) in [6.07, 6.45) is 0. The monoisotopic (exact) mass is 278 g/mol. The Hall–Kier alpha value is -0.380. The first-order valence-corrected chi connectivity index (χ1v) is 7.34. The van der Waals surface area contributed by atoms with Gasteiger partial charge in [0.15, 0.2) is 5.85 Å². The lowest BCUT2D eigenvalue weighted by Crippen LogP contribution is -2.06. The highest BCUT2D eigenvalue weighted by Gasteiger charge is 2.35. The summed E-state index contributed by atoms with van der Waals surface area (Å²) in [6.45, 7) is 3.79. The summed E-state index contributed by atoms with van der Waals surface area (Å²) in [6, 6.07) is 6.51. The lowest BCUT2D eigenvalue weighted by Gasteiger charge is -2.22. The van der Waals surface area contributed by atoms with Crippen LogP contribution in [0, 0.1) is 0 Å². The molecule has 0 aliphatic carbocycles. The number of benzene rings is 1. The van der Waals surface area contributed by atoms with E-state index in [1.807, 2.05) is 0 Å². The third-order valence-corrected chi connectivity index (χ3v) is 4.43. The zero-order chi connectivity index (χ0) is 12.9. The molecule has 0 saturated carbocycles. The minimum absolute atomic E-state index is 0.203. The molecule has 1 N–H and O–H groups in total. The second kappa shape index (κ2) is 6.53. The van der Waals surface area contributed by atoms with E-state index in [0.29, 0.717) is 10.6 Å². The summed E-state index contributed by atoms with van der Waals surface area (Å²) in [7, 11) is -3.56. The molecule has 1 aromatic carbocycles.